The largest absolute Gasteiger partial charge is 0.458 e. The Hall–Kier alpha value is -2.39. The van der Waals surface area contributed by atoms with Gasteiger partial charge in [0.2, 0.25) is 0 Å². The quantitative estimate of drug-likeness (QED) is 0.235. The third-order valence-electron chi connectivity index (χ3n) is 8.43. The lowest BCUT2D eigenvalue weighted by atomic mass is 9.68. The molecule has 12 nitrogen and oxygen atoms in total. The average molecular weight is 597 g/mol. The van der Waals surface area contributed by atoms with Crippen LogP contribution in [0.5, 0.6) is 0 Å². The van der Waals surface area contributed by atoms with Gasteiger partial charge in [0.05, 0.1) is 12.8 Å². The molecule has 15 heteroatoms. The van der Waals surface area contributed by atoms with Crippen molar-refractivity contribution in [2.24, 2.45) is 17.3 Å². The van der Waals surface area contributed by atoms with Crippen LogP contribution in [0.1, 0.15) is 72.6 Å². The summed E-state index contributed by atoms with van der Waals surface area (Å²) >= 11 is 0. The zero-order valence-electron chi connectivity index (χ0n) is 22.6. The third kappa shape index (κ3) is 5.31. The minimum absolute atomic E-state index is 0.371. The van der Waals surface area contributed by atoms with Crippen LogP contribution in [0.15, 0.2) is 0 Å². The summed E-state index contributed by atoms with van der Waals surface area (Å²) in [6.07, 6.45) is -3.74. The molecule has 0 amide bonds. The molecule has 3 saturated heterocycles. The van der Waals surface area contributed by atoms with E-state index in [1.807, 2.05) is 20.8 Å². The average Bonchev–Trinajstić information content (AvgIpc) is 3.46. The maximum absolute atomic E-state index is 13.6. The van der Waals surface area contributed by atoms with Crippen molar-refractivity contribution in [3.05, 3.63) is 0 Å². The molecule has 0 radical (unpaired) electrons. The van der Waals surface area contributed by atoms with Gasteiger partial charge in [-0.2, -0.15) is 17.2 Å². The van der Waals surface area contributed by atoms with Gasteiger partial charge in [-0.1, -0.05) is 27.2 Å². The maximum atomic E-state index is 13.6. The molecule has 1 saturated carbocycles. The van der Waals surface area contributed by atoms with Crippen LogP contribution in [-0.4, -0.2) is 78.2 Å². The van der Waals surface area contributed by atoms with Crippen molar-refractivity contribution in [3.63, 3.8) is 0 Å². The smallest absolute Gasteiger partial charge is 0.405 e. The number of carbonyl (C=O) groups is 4. The molecule has 1 aliphatic carbocycles. The number of ether oxygens (including phenoxy) is 5. The highest BCUT2D eigenvalue weighted by molar-refractivity contribution is 7.86. The summed E-state index contributed by atoms with van der Waals surface area (Å²) in [6, 6.07) is 0. The van der Waals surface area contributed by atoms with E-state index in [-0.39, 0.29) is 5.41 Å². The van der Waals surface area contributed by atoms with Gasteiger partial charge in [0.15, 0.2) is 18.3 Å². The highest BCUT2D eigenvalue weighted by atomic mass is 32.2. The van der Waals surface area contributed by atoms with Crippen molar-refractivity contribution in [3.8, 4) is 0 Å². The van der Waals surface area contributed by atoms with Crippen LogP contribution in [0, 0.1) is 17.3 Å². The van der Waals surface area contributed by atoms with Crippen LogP contribution < -0.4 is 0 Å². The van der Waals surface area contributed by atoms with E-state index in [0.717, 1.165) is 19.3 Å². The van der Waals surface area contributed by atoms with Crippen LogP contribution in [0.3, 0.4) is 0 Å². The Morgan fingerprint density at radius 1 is 1.05 bits per heavy atom. The Kier molecular flexibility index (Phi) is 8.00. The molecule has 7 unspecified atom stereocenters. The number of rotatable bonds is 9. The predicted molar refractivity (Wildman–Crippen MR) is 128 cm³/mol. The molecular formula is C25H34F2O12S. The lowest BCUT2D eigenvalue weighted by molar-refractivity contribution is -0.190. The third-order valence-corrected chi connectivity index (χ3v) is 9.45. The van der Waals surface area contributed by atoms with Crippen LogP contribution in [0.25, 0.3) is 0 Å². The molecule has 7 atom stereocenters. The van der Waals surface area contributed by atoms with E-state index in [0.29, 0.717) is 19.8 Å². The van der Waals surface area contributed by atoms with E-state index in [2.05, 4.69) is 4.74 Å². The second kappa shape index (κ2) is 10.5. The summed E-state index contributed by atoms with van der Waals surface area (Å²) in [5.41, 5.74) is -1.11. The van der Waals surface area contributed by atoms with Crippen molar-refractivity contribution in [2.45, 2.75) is 114 Å². The summed E-state index contributed by atoms with van der Waals surface area (Å²) in [6.45, 7) is 6.53. The summed E-state index contributed by atoms with van der Waals surface area (Å²) in [5, 5.41) is -4.75. The van der Waals surface area contributed by atoms with E-state index >= 15 is 0 Å². The molecule has 3 heterocycles. The van der Waals surface area contributed by atoms with Gasteiger partial charge in [-0.25, -0.2) is 0 Å². The van der Waals surface area contributed by atoms with Crippen molar-refractivity contribution in [1.82, 2.24) is 0 Å². The minimum Gasteiger partial charge on any atom is -0.458 e. The molecule has 1 N–H and O–H groups in total. The van der Waals surface area contributed by atoms with Crippen LogP contribution in [0.4, 0.5) is 8.78 Å². The summed E-state index contributed by atoms with van der Waals surface area (Å²) in [4.78, 5) is 50.6. The Balaban J connectivity index is 1.39. The first kappa shape index (κ1) is 30.6. The summed E-state index contributed by atoms with van der Waals surface area (Å²) in [7, 11) is -5.84. The van der Waals surface area contributed by atoms with Gasteiger partial charge in [0, 0.05) is 5.41 Å². The molecule has 0 spiro atoms. The standard InChI is InChI=1S/C25H34F2O12S/c1-12(25(26,27)40(32,33)34)35-13(28)8-9-14(29)36-19-18-16(15-17(37-18)20(19)38-21(15)30)22(31)39-24(23(2,3)4)10-6-5-7-11-24/h12,15-20H,5-11H2,1-4H3,(H,32,33,34). The van der Waals surface area contributed by atoms with Gasteiger partial charge >= 0.3 is 39.2 Å². The Labute approximate surface area is 230 Å². The van der Waals surface area contributed by atoms with E-state index in [9.17, 15) is 36.4 Å². The van der Waals surface area contributed by atoms with E-state index in [4.69, 9.17) is 23.5 Å². The van der Waals surface area contributed by atoms with Crippen molar-refractivity contribution in [1.29, 1.82) is 0 Å². The molecule has 4 rings (SSSR count). The van der Waals surface area contributed by atoms with Gasteiger partial charge in [-0.05, 0) is 32.6 Å². The first-order valence-electron chi connectivity index (χ1n) is 13.2. The molecule has 0 aromatic heterocycles. The second-order valence-electron chi connectivity index (χ2n) is 11.9. The molecule has 2 bridgehead atoms. The van der Waals surface area contributed by atoms with Crippen molar-refractivity contribution < 1.29 is 64.6 Å². The first-order valence-corrected chi connectivity index (χ1v) is 14.7. The lowest BCUT2D eigenvalue weighted by Gasteiger charge is -2.47. The molecule has 0 aromatic carbocycles. The fourth-order valence-corrected chi connectivity index (χ4v) is 6.54. The fraction of sp³-hybridized carbons (Fsp3) is 0.840. The Bertz CT molecular complexity index is 1160. The molecular weight excluding hydrogens is 562 g/mol. The zero-order chi connectivity index (χ0) is 29.8. The molecule has 4 aliphatic rings. The van der Waals surface area contributed by atoms with E-state index in [1.165, 1.54) is 0 Å². The maximum Gasteiger partial charge on any atom is 0.405 e. The summed E-state index contributed by atoms with van der Waals surface area (Å²) in [5.74, 6) is -5.60. The van der Waals surface area contributed by atoms with E-state index < -0.39 is 100 Å². The molecule has 40 heavy (non-hydrogen) atoms. The normalized spacial score (nSPS) is 31.8. The number of fused-ring (bicyclic) bond motifs is 1. The lowest BCUT2D eigenvalue weighted by Crippen LogP contribution is -2.53. The van der Waals surface area contributed by atoms with Crippen molar-refractivity contribution >= 4 is 34.0 Å². The SMILES string of the molecule is CC(OC(=O)CCC(=O)OC1C2OC(=O)C3C2OC1C3C(=O)OC1(C(C)(C)C)CCCCC1)C(F)(F)S(=O)(=O)O. The van der Waals surface area contributed by atoms with E-state index in [1.54, 1.807) is 0 Å². The Morgan fingerprint density at radius 2 is 1.65 bits per heavy atom. The number of hydrogen-bond acceptors (Lipinski definition) is 11. The number of alkyl halides is 2. The zero-order valence-corrected chi connectivity index (χ0v) is 23.4. The highest BCUT2D eigenvalue weighted by Crippen LogP contribution is 2.53. The van der Waals surface area contributed by atoms with Crippen LogP contribution >= 0.6 is 0 Å². The number of carbonyl (C=O) groups excluding carboxylic acids is 4. The van der Waals surface area contributed by atoms with Gasteiger partial charge < -0.3 is 23.7 Å². The highest BCUT2D eigenvalue weighted by Gasteiger charge is 2.72. The van der Waals surface area contributed by atoms with Gasteiger partial charge in [-0.15, -0.1) is 0 Å². The molecule has 3 aliphatic heterocycles. The van der Waals surface area contributed by atoms with Crippen LogP contribution in [0.2, 0.25) is 0 Å². The molecule has 226 valence electrons. The van der Waals surface area contributed by atoms with Gasteiger partial charge in [0.25, 0.3) is 0 Å². The number of halogens is 2. The minimum atomic E-state index is -5.84. The summed E-state index contributed by atoms with van der Waals surface area (Å²) < 4.78 is 84.5. The second-order valence-corrected chi connectivity index (χ2v) is 13.4. The van der Waals surface area contributed by atoms with Crippen LogP contribution in [-0.2, 0) is 53.0 Å². The Morgan fingerprint density at radius 3 is 2.23 bits per heavy atom. The molecule has 4 fully saturated rings. The fourth-order valence-electron chi connectivity index (χ4n) is 6.08. The van der Waals surface area contributed by atoms with Gasteiger partial charge in [-0.3, -0.25) is 23.7 Å². The van der Waals surface area contributed by atoms with Crippen molar-refractivity contribution in [2.75, 3.05) is 0 Å². The topological polar surface area (TPSA) is 169 Å². The first-order chi connectivity index (χ1) is 18.4. The number of hydrogen-bond donors (Lipinski definition) is 1. The monoisotopic (exact) mass is 596 g/mol. The molecule has 0 aromatic rings. The predicted octanol–water partition coefficient (Wildman–Crippen LogP) is 2.32. The van der Waals surface area contributed by atoms with Gasteiger partial charge in [0.1, 0.15) is 29.6 Å². The number of esters is 4.